The normalized spacial score (nSPS) is 12.4. The lowest BCUT2D eigenvalue weighted by atomic mass is 9.98. The Labute approximate surface area is 78.9 Å². The van der Waals surface area contributed by atoms with Crippen LogP contribution in [0, 0.1) is 0 Å². The molecule has 0 fully saturated rings. The first-order valence-electron chi connectivity index (χ1n) is 4.10. The molecule has 0 radical (unpaired) electrons. The Kier molecular flexibility index (Phi) is 3.89. The Morgan fingerprint density at radius 2 is 2.00 bits per heavy atom. The maximum absolute atomic E-state index is 5.83. The average Bonchev–Trinajstić information content (AvgIpc) is 2.15. The molecule has 0 saturated carbocycles. The monoisotopic (exact) mass is 180 g/mol. The molecule has 1 atom stereocenters. The van der Waals surface area contributed by atoms with E-state index in [0.29, 0.717) is 11.8 Å². The van der Waals surface area contributed by atoms with E-state index in [4.69, 9.17) is 11.6 Å². The molecule has 0 aliphatic heterocycles. The lowest BCUT2D eigenvalue weighted by molar-refractivity contribution is 0.789. The molecular weight excluding hydrogens is 168 g/mol. The van der Waals surface area contributed by atoms with Crippen molar-refractivity contribution >= 4 is 11.6 Å². The molecule has 0 bridgehead atoms. The second-order valence-electron chi connectivity index (χ2n) is 2.79. The fraction of sp³-hybridized carbons (Fsp3) is 0.273. The van der Waals surface area contributed by atoms with Crippen LogP contribution in [-0.4, -0.2) is 5.88 Å². The Morgan fingerprint density at radius 3 is 2.50 bits per heavy atom. The largest absolute Gasteiger partial charge is 0.126 e. The molecular formula is C11H13Cl. The van der Waals surface area contributed by atoms with Crippen LogP contribution in [0.5, 0.6) is 0 Å². The highest BCUT2D eigenvalue weighted by molar-refractivity contribution is 6.18. The topological polar surface area (TPSA) is 0 Å². The fourth-order valence-corrected chi connectivity index (χ4v) is 1.52. The summed E-state index contributed by atoms with van der Waals surface area (Å²) in [5, 5.41) is 0. The molecule has 0 aliphatic carbocycles. The SMILES string of the molecule is C=CCC(CCl)c1ccccc1. The van der Waals surface area contributed by atoms with Gasteiger partial charge >= 0.3 is 0 Å². The lowest BCUT2D eigenvalue weighted by Crippen LogP contribution is -1.98. The van der Waals surface area contributed by atoms with Crippen molar-refractivity contribution in [2.45, 2.75) is 12.3 Å². The van der Waals surface area contributed by atoms with Gasteiger partial charge in [-0.2, -0.15) is 0 Å². The summed E-state index contributed by atoms with van der Waals surface area (Å²) in [6.07, 6.45) is 2.87. The van der Waals surface area contributed by atoms with Gasteiger partial charge in [-0.3, -0.25) is 0 Å². The van der Waals surface area contributed by atoms with Crippen LogP contribution in [0.3, 0.4) is 0 Å². The molecule has 1 rings (SSSR count). The molecule has 0 N–H and O–H groups in total. The first kappa shape index (κ1) is 9.34. The Bertz CT molecular complexity index is 228. The minimum absolute atomic E-state index is 0.422. The second kappa shape index (κ2) is 5.00. The van der Waals surface area contributed by atoms with Gasteiger partial charge in [0.15, 0.2) is 0 Å². The van der Waals surface area contributed by atoms with Gasteiger partial charge in [0.2, 0.25) is 0 Å². The van der Waals surface area contributed by atoms with E-state index in [1.165, 1.54) is 5.56 Å². The molecule has 0 aromatic heterocycles. The maximum atomic E-state index is 5.83. The second-order valence-corrected chi connectivity index (χ2v) is 3.09. The number of benzene rings is 1. The van der Waals surface area contributed by atoms with E-state index in [1.54, 1.807) is 0 Å². The minimum atomic E-state index is 0.422. The summed E-state index contributed by atoms with van der Waals surface area (Å²) in [5.74, 6) is 1.08. The van der Waals surface area contributed by atoms with Crippen molar-refractivity contribution in [1.82, 2.24) is 0 Å². The van der Waals surface area contributed by atoms with Crippen molar-refractivity contribution in [3.8, 4) is 0 Å². The van der Waals surface area contributed by atoms with Crippen LogP contribution >= 0.6 is 11.6 Å². The van der Waals surface area contributed by atoms with Crippen molar-refractivity contribution in [2.24, 2.45) is 0 Å². The smallest absolute Gasteiger partial charge is 0.0295 e. The number of alkyl halides is 1. The first-order valence-corrected chi connectivity index (χ1v) is 4.63. The van der Waals surface area contributed by atoms with Crippen LogP contribution < -0.4 is 0 Å². The van der Waals surface area contributed by atoms with E-state index in [1.807, 2.05) is 24.3 Å². The van der Waals surface area contributed by atoms with Crippen molar-refractivity contribution in [1.29, 1.82) is 0 Å². The summed E-state index contributed by atoms with van der Waals surface area (Å²) in [6.45, 7) is 3.72. The molecule has 1 aromatic rings. The zero-order valence-electron chi connectivity index (χ0n) is 7.04. The third-order valence-electron chi connectivity index (χ3n) is 1.91. The van der Waals surface area contributed by atoms with Gasteiger partial charge in [-0.25, -0.2) is 0 Å². The molecule has 0 saturated heterocycles. The molecule has 1 unspecified atom stereocenters. The van der Waals surface area contributed by atoms with E-state index >= 15 is 0 Å². The van der Waals surface area contributed by atoms with Gasteiger partial charge in [0, 0.05) is 11.8 Å². The molecule has 1 aromatic carbocycles. The lowest BCUT2D eigenvalue weighted by Gasteiger charge is -2.10. The predicted molar refractivity (Wildman–Crippen MR) is 54.7 cm³/mol. The standard InChI is InChI=1S/C11H13Cl/c1-2-6-11(9-12)10-7-4-3-5-8-10/h2-5,7-8,11H,1,6,9H2. The zero-order chi connectivity index (χ0) is 8.81. The summed E-state index contributed by atoms with van der Waals surface area (Å²) in [5.41, 5.74) is 1.30. The van der Waals surface area contributed by atoms with Gasteiger partial charge < -0.3 is 0 Å². The summed E-state index contributed by atoms with van der Waals surface area (Å²) in [7, 11) is 0. The van der Waals surface area contributed by atoms with Crippen LogP contribution in [0.4, 0.5) is 0 Å². The van der Waals surface area contributed by atoms with Gasteiger partial charge in [0.05, 0.1) is 0 Å². The van der Waals surface area contributed by atoms with E-state index in [0.717, 1.165) is 6.42 Å². The van der Waals surface area contributed by atoms with Gasteiger partial charge in [-0.05, 0) is 12.0 Å². The third-order valence-corrected chi connectivity index (χ3v) is 2.28. The van der Waals surface area contributed by atoms with E-state index < -0.39 is 0 Å². The minimum Gasteiger partial charge on any atom is -0.126 e. The van der Waals surface area contributed by atoms with Gasteiger partial charge in [-0.15, -0.1) is 18.2 Å². The highest BCUT2D eigenvalue weighted by atomic mass is 35.5. The van der Waals surface area contributed by atoms with E-state index in [-0.39, 0.29) is 0 Å². The average molecular weight is 181 g/mol. The van der Waals surface area contributed by atoms with E-state index in [2.05, 4.69) is 18.7 Å². The molecule has 1 heteroatoms. The summed E-state index contributed by atoms with van der Waals surface area (Å²) in [6, 6.07) is 10.3. The van der Waals surface area contributed by atoms with Crippen LogP contribution in [0.2, 0.25) is 0 Å². The number of allylic oxidation sites excluding steroid dienone is 1. The Balaban J connectivity index is 2.72. The number of rotatable bonds is 4. The van der Waals surface area contributed by atoms with Gasteiger partial charge in [0.1, 0.15) is 0 Å². The van der Waals surface area contributed by atoms with Gasteiger partial charge in [-0.1, -0.05) is 36.4 Å². The molecule has 0 nitrogen and oxygen atoms in total. The Hall–Kier alpha value is -0.750. The molecule has 64 valence electrons. The van der Waals surface area contributed by atoms with Crippen molar-refractivity contribution in [3.63, 3.8) is 0 Å². The Morgan fingerprint density at radius 1 is 1.33 bits per heavy atom. The quantitative estimate of drug-likeness (QED) is 0.491. The zero-order valence-corrected chi connectivity index (χ0v) is 7.80. The van der Waals surface area contributed by atoms with Crippen LogP contribution in [0.25, 0.3) is 0 Å². The molecule has 0 aliphatic rings. The number of hydrogen-bond acceptors (Lipinski definition) is 0. The molecule has 0 spiro atoms. The highest BCUT2D eigenvalue weighted by Gasteiger charge is 2.06. The molecule has 12 heavy (non-hydrogen) atoms. The van der Waals surface area contributed by atoms with Crippen molar-refractivity contribution in [2.75, 3.05) is 5.88 Å². The van der Waals surface area contributed by atoms with Gasteiger partial charge in [0.25, 0.3) is 0 Å². The number of halogens is 1. The van der Waals surface area contributed by atoms with Crippen molar-refractivity contribution in [3.05, 3.63) is 48.6 Å². The summed E-state index contributed by atoms with van der Waals surface area (Å²) in [4.78, 5) is 0. The van der Waals surface area contributed by atoms with Crippen LogP contribution in [0.15, 0.2) is 43.0 Å². The maximum Gasteiger partial charge on any atom is 0.0295 e. The first-order chi connectivity index (χ1) is 5.88. The summed E-state index contributed by atoms with van der Waals surface area (Å²) < 4.78 is 0. The van der Waals surface area contributed by atoms with Crippen molar-refractivity contribution < 1.29 is 0 Å². The fourth-order valence-electron chi connectivity index (χ4n) is 1.21. The third kappa shape index (κ3) is 2.38. The molecule has 0 amide bonds. The van der Waals surface area contributed by atoms with E-state index in [9.17, 15) is 0 Å². The predicted octanol–water partition coefficient (Wildman–Crippen LogP) is 3.59. The summed E-state index contributed by atoms with van der Waals surface area (Å²) >= 11 is 5.83. The highest BCUT2D eigenvalue weighted by Crippen LogP contribution is 2.20. The number of hydrogen-bond donors (Lipinski definition) is 0. The van der Waals surface area contributed by atoms with Crippen LogP contribution in [0.1, 0.15) is 17.9 Å². The van der Waals surface area contributed by atoms with Crippen LogP contribution in [-0.2, 0) is 0 Å². The molecule has 0 heterocycles.